The molecule has 0 fully saturated rings. The summed E-state index contributed by atoms with van der Waals surface area (Å²) >= 11 is 0. The number of benzene rings is 2. The molecular formula is C14H8N2O2. The largest absolute Gasteiger partial charge is 0.282 e. The Balaban J connectivity index is 2.54. The molecule has 0 amide bonds. The number of nitrogens with zero attached hydrogens (tertiary/aromatic N) is 2. The van der Waals surface area contributed by atoms with Gasteiger partial charge in [0, 0.05) is 0 Å². The van der Waals surface area contributed by atoms with E-state index in [1.807, 2.05) is 24.3 Å². The second-order valence-electron chi connectivity index (χ2n) is 4.27. The van der Waals surface area contributed by atoms with E-state index in [1.54, 1.807) is 28.8 Å². The monoisotopic (exact) mass is 236 g/mol. The van der Waals surface area contributed by atoms with Crippen molar-refractivity contribution in [3.63, 3.8) is 0 Å². The molecule has 4 aromatic rings. The van der Waals surface area contributed by atoms with Crippen LogP contribution in [-0.4, -0.2) is 9.03 Å². The summed E-state index contributed by atoms with van der Waals surface area (Å²) in [5.41, 5.74) is 1.01. The lowest BCUT2D eigenvalue weighted by atomic mass is 10.2. The summed E-state index contributed by atoms with van der Waals surface area (Å²) in [6, 6.07) is 14.5. The van der Waals surface area contributed by atoms with Crippen LogP contribution in [0.2, 0.25) is 0 Å². The van der Waals surface area contributed by atoms with Crippen LogP contribution in [0.15, 0.2) is 58.1 Å². The van der Waals surface area contributed by atoms with Gasteiger partial charge < -0.3 is 0 Å². The molecule has 0 spiro atoms. The van der Waals surface area contributed by atoms with Gasteiger partial charge in [0.15, 0.2) is 0 Å². The van der Waals surface area contributed by atoms with E-state index in [9.17, 15) is 9.59 Å². The number of para-hydroxylation sites is 2. The summed E-state index contributed by atoms with van der Waals surface area (Å²) in [5, 5.41) is 1.14. The van der Waals surface area contributed by atoms with Crippen molar-refractivity contribution in [1.82, 2.24) is 9.03 Å². The first kappa shape index (κ1) is 9.41. The Kier molecular flexibility index (Phi) is 1.56. The van der Waals surface area contributed by atoms with Gasteiger partial charge in [-0.2, -0.15) is 4.52 Å². The van der Waals surface area contributed by atoms with Gasteiger partial charge in [-0.15, -0.1) is 0 Å². The SMILES string of the molecule is O=c1c2ccccc2n2c3ccccc3c(=O)n12. The summed E-state index contributed by atoms with van der Waals surface area (Å²) in [7, 11) is 0. The van der Waals surface area contributed by atoms with Gasteiger partial charge in [-0.3, -0.25) is 9.59 Å². The van der Waals surface area contributed by atoms with Crippen LogP contribution >= 0.6 is 0 Å². The number of aromatic nitrogens is 2. The fourth-order valence-corrected chi connectivity index (χ4v) is 2.53. The smallest absolute Gasteiger partial charge is 0.267 e. The lowest BCUT2D eigenvalue weighted by molar-refractivity contribution is 0.841. The highest BCUT2D eigenvalue weighted by Gasteiger charge is 2.15. The molecule has 0 aliphatic heterocycles. The van der Waals surface area contributed by atoms with Crippen molar-refractivity contribution >= 4 is 21.8 Å². The molecule has 4 rings (SSSR count). The Hall–Kier alpha value is -2.62. The molecule has 0 radical (unpaired) electrons. The molecule has 0 saturated heterocycles. The Labute approximate surface area is 101 Å². The Morgan fingerprint density at radius 2 is 1.06 bits per heavy atom. The van der Waals surface area contributed by atoms with Crippen LogP contribution in [0.5, 0.6) is 0 Å². The molecule has 2 heterocycles. The third-order valence-electron chi connectivity index (χ3n) is 3.31. The molecule has 2 aromatic heterocycles. The highest BCUT2D eigenvalue weighted by atomic mass is 16.2. The van der Waals surface area contributed by atoms with Crippen LogP contribution in [0.25, 0.3) is 21.8 Å². The maximum Gasteiger partial charge on any atom is 0.282 e. The Morgan fingerprint density at radius 1 is 0.611 bits per heavy atom. The van der Waals surface area contributed by atoms with Crippen molar-refractivity contribution in [3.8, 4) is 0 Å². The topological polar surface area (TPSA) is 43.0 Å². The van der Waals surface area contributed by atoms with Crippen LogP contribution in [0.4, 0.5) is 0 Å². The van der Waals surface area contributed by atoms with E-state index in [1.165, 1.54) is 4.52 Å². The van der Waals surface area contributed by atoms with Crippen LogP contribution in [-0.2, 0) is 0 Å². The van der Waals surface area contributed by atoms with E-state index < -0.39 is 0 Å². The van der Waals surface area contributed by atoms with Gasteiger partial charge in [0.1, 0.15) is 0 Å². The first-order valence-electron chi connectivity index (χ1n) is 5.66. The van der Waals surface area contributed by atoms with Gasteiger partial charge >= 0.3 is 0 Å². The predicted molar refractivity (Wildman–Crippen MR) is 69.6 cm³/mol. The second kappa shape index (κ2) is 2.98. The molecule has 4 nitrogen and oxygen atoms in total. The van der Waals surface area contributed by atoms with E-state index in [0.29, 0.717) is 10.8 Å². The molecule has 0 unspecified atom stereocenters. The first-order valence-corrected chi connectivity index (χ1v) is 5.66. The van der Waals surface area contributed by atoms with Crippen molar-refractivity contribution < 1.29 is 0 Å². The molecule has 86 valence electrons. The summed E-state index contributed by atoms with van der Waals surface area (Å²) in [6.45, 7) is 0. The van der Waals surface area contributed by atoms with Crippen molar-refractivity contribution in [1.29, 1.82) is 0 Å². The first-order chi connectivity index (χ1) is 8.79. The normalized spacial score (nSPS) is 11.8. The third-order valence-corrected chi connectivity index (χ3v) is 3.31. The van der Waals surface area contributed by atoms with Crippen molar-refractivity contribution in [3.05, 3.63) is 69.2 Å². The molecule has 4 heteroatoms. The summed E-state index contributed by atoms with van der Waals surface area (Å²) in [4.78, 5) is 24.4. The van der Waals surface area contributed by atoms with Crippen LogP contribution < -0.4 is 11.1 Å². The zero-order valence-electron chi connectivity index (χ0n) is 9.33. The Morgan fingerprint density at radius 3 is 1.56 bits per heavy atom. The molecule has 18 heavy (non-hydrogen) atoms. The average molecular weight is 236 g/mol. The highest BCUT2D eigenvalue weighted by molar-refractivity contribution is 5.87. The molecule has 2 aromatic carbocycles. The lowest BCUT2D eigenvalue weighted by Crippen LogP contribution is -2.21. The van der Waals surface area contributed by atoms with Gasteiger partial charge in [-0.25, -0.2) is 4.52 Å². The standard InChI is InChI=1S/C14H8N2O2/c17-13-9-5-1-3-7-11(9)15-12-8-4-2-6-10(12)14(18)16(13)15/h1-8H. The summed E-state index contributed by atoms with van der Waals surface area (Å²) < 4.78 is 2.89. The Bertz CT molecular complexity index is 932. The third kappa shape index (κ3) is 0.913. The van der Waals surface area contributed by atoms with Crippen molar-refractivity contribution in [2.75, 3.05) is 0 Å². The average Bonchev–Trinajstić information content (AvgIpc) is 2.87. The highest BCUT2D eigenvalue weighted by Crippen LogP contribution is 2.16. The quantitative estimate of drug-likeness (QED) is 0.464. The maximum absolute atomic E-state index is 12.2. The molecule has 0 saturated carbocycles. The van der Waals surface area contributed by atoms with Crippen molar-refractivity contribution in [2.24, 2.45) is 0 Å². The number of hydrogen-bond donors (Lipinski definition) is 0. The summed E-state index contributed by atoms with van der Waals surface area (Å²) in [5.74, 6) is 0. The van der Waals surface area contributed by atoms with Crippen molar-refractivity contribution in [2.45, 2.75) is 0 Å². The zero-order valence-corrected chi connectivity index (χ0v) is 9.33. The van der Waals surface area contributed by atoms with Gasteiger partial charge in [0.25, 0.3) is 11.1 Å². The number of hydrogen-bond acceptors (Lipinski definition) is 2. The maximum atomic E-state index is 12.2. The van der Waals surface area contributed by atoms with Gasteiger partial charge in [-0.05, 0) is 24.3 Å². The van der Waals surface area contributed by atoms with E-state index in [2.05, 4.69) is 0 Å². The van der Waals surface area contributed by atoms with E-state index in [-0.39, 0.29) is 11.1 Å². The fraction of sp³-hybridized carbons (Fsp3) is 0. The molecule has 0 N–H and O–H groups in total. The van der Waals surface area contributed by atoms with Gasteiger partial charge in [-0.1, -0.05) is 24.3 Å². The zero-order chi connectivity index (χ0) is 12.3. The predicted octanol–water partition coefficient (Wildman–Crippen LogP) is 1.50. The van der Waals surface area contributed by atoms with Gasteiger partial charge in [0.05, 0.1) is 21.8 Å². The minimum absolute atomic E-state index is 0.258. The molecular weight excluding hydrogens is 228 g/mol. The molecule has 0 atom stereocenters. The van der Waals surface area contributed by atoms with Crippen LogP contribution in [0, 0.1) is 0 Å². The van der Waals surface area contributed by atoms with E-state index >= 15 is 0 Å². The molecule has 0 aliphatic carbocycles. The molecule has 0 aliphatic rings. The van der Waals surface area contributed by atoms with Crippen LogP contribution in [0.3, 0.4) is 0 Å². The fourth-order valence-electron chi connectivity index (χ4n) is 2.53. The minimum Gasteiger partial charge on any atom is -0.267 e. The number of fused-ring (bicyclic) bond motifs is 5. The van der Waals surface area contributed by atoms with E-state index in [4.69, 9.17) is 0 Å². The lowest BCUT2D eigenvalue weighted by Gasteiger charge is -1.92. The summed E-state index contributed by atoms with van der Waals surface area (Å²) in [6.07, 6.45) is 0. The van der Waals surface area contributed by atoms with E-state index in [0.717, 1.165) is 11.0 Å². The van der Waals surface area contributed by atoms with Gasteiger partial charge in [0.2, 0.25) is 0 Å². The minimum atomic E-state index is -0.258. The second-order valence-corrected chi connectivity index (χ2v) is 4.27. The molecule has 0 bridgehead atoms. The number of rotatable bonds is 0. The van der Waals surface area contributed by atoms with Crippen LogP contribution in [0.1, 0.15) is 0 Å².